The second-order valence-electron chi connectivity index (χ2n) is 5.21. The smallest absolute Gasteiger partial charge is 0.264 e. The van der Waals surface area contributed by atoms with E-state index < -0.39 is 23.1 Å². The molecule has 0 aliphatic rings. The molecule has 6 nitrogen and oxygen atoms in total. The van der Waals surface area contributed by atoms with Crippen LogP contribution < -0.4 is 10.5 Å². The van der Waals surface area contributed by atoms with Crippen molar-refractivity contribution >= 4 is 5.91 Å². The molecule has 0 bridgehead atoms. The zero-order valence-corrected chi connectivity index (χ0v) is 13.1. The monoisotopic (exact) mass is 345 g/mol. The number of nitrogens with zero attached hydrogens (tertiary/aromatic N) is 2. The van der Waals surface area contributed by atoms with E-state index in [1.165, 1.54) is 0 Å². The fraction of sp³-hybridized carbons (Fsp3) is 0.118. The van der Waals surface area contributed by atoms with Gasteiger partial charge in [-0.1, -0.05) is 29.4 Å². The van der Waals surface area contributed by atoms with Gasteiger partial charge < -0.3 is 15.0 Å². The number of carbonyl (C=O) groups is 1. The minimum Gasteiger partial charge on any atom is -0.481 e. The summed E-state index contributed by atoms with van der Waals surface area (Å²) in [5.41, 5.74) is 5.86. The quantitative estimate of drug-likeness (QED) is 0.767. The van der Waals surface area contributed by atoms with Gasteiger partial charge in [-0.3, -0.25) is 4.79 Å². The number of benzene rings is 2. The number of nitrogens with two attached hydrogens (primary N) is 1. The van der Waals surface area contributed by atoms with Gasteiger partial charge in [0, 0.05) is 5.56 Å². The predicted molar refractivity (Wildman–Crippen MR) is 83.7 cm³/mol. The predicted octanol–water partition coefficient (Wildman–Crippen LogP) is 3.00. The summed E-state index contributed by atoms with van der Waals surface area (Å²) in [5, 5.41) is 3.85. The molecule has 0 unspecified atom stereocenters. The third-order valence-electron chi connectivity index (χ3n) is 3.51. The lowest BCUT2D eigenvalue weighted by molar-refractivity contribution is 0.0991. The van der Waals surface area contributed by atoms with Crippen molar-refractivity contribution < 1.29 is 22.8 Å². The highest BCUT2D eigenvalue weighted by atomic mass is 19.1. The Labute approximate surface area is 141 Å². The number of halogens is 2. The van der Waals surface area contributed by atoms with Crippen LogP contribution in [0.2, 0.25) is 0 Å². The fourth-order valence-electron chi connectivity index (χ4n) is 2.26. The van der Waals surface area contributed by atoms with Gasteiger partial charge in [-0.25, -0.2) is 8.78 Å². The first-order valence-corrected chi connectivity index (χ1v) is 7.26. The molecule has 0 fully saturated rings. The molecule has 2 aromatic carbocycles. The normalized spacial score (nSPS) is 10.7. The van der Waals surface area contributed by atoms with Gasteiger partial charge in [0.15, 0.2) is 18.2 Å². The van der Waals surface area contributed by atoms with Crippen molar-refractivity contribution in [2.24, 2.45) is 5.73 Å². The van der Waals surface area contributed by atoms with Crippen LogP contribution in [0.3, 0.4) is 0 Å². The van der Waals surface area contributed by atoms with E-state index in [4.69, 9.17) is 15.0 Å². The number of hydrogen-bond donors (Lipinski definition) is 1. The molecule has 3 aromatic rings. The largest absolute Gasteiger partial charge is 0.481 e. The van der Waals surface area contributed by atoms with Crippen molar-refractivity contribution in [2.45, 2.75) is 13.5 Å². The molecule has 25 heavy (non-hydrogen) atoms. The fourth-order valence-corrected chi connectivity index (χ4v) is 2.26. The van der Waals surface area contributed by atoms with Crippen LogP contribution in [0.5, 0.6) is 5.75 Å². The highest BCUT2D eigenvalue weighted by Crippen LogP contribution is 2.24. The first-order valence-electron chi connectivity index (χ1n) is 7.26. The molecule has 8 heteroatoms. The Morgan fingerprint density at radius 1 is 1.24 bits per heavy atom. The second kappa shape index (κ2) is 6.68. The SMILES string of the molecule is Cc1ccccc1-c1noc(COc2ccc(F)c(C(N)=O)c2F)n1. The average Bonchev–Trinajstić information content (AvgIpc) is 3.03. The van der Waals surface area contributed by atoms with E-state index in [-0.39, 0.29) is 18.2 Å². The number of aryl methyl sites for hydroxylation is 1. The van der Waals surface area contributed by atoms with E-state index in [0.29, 0.717) is 5.82 Å². The molecular formula is C17H13F2N3O3. The molecule has 0 spiro atoms. The van der Waals surface area contributed by atoms with Crippen molar-refractivity contribution in [3.05, 3.63) is 65.1 Å². The van der Waals surface area contributed by atoms with E-state index in [0.717, 1.165) is 23.3 Å². The van der Waals surface area contributed by atoms with Crippen molar-refractivity contribution in [3.63, 3.8) is 0 Å². The molecule has 0 saturated heterocycles. The number of primary amides is 1. The van der Waals surface area contributed by atoms with Gasteiger partial charge in [-0.15, -0.1) is 0 Å². The second-order valence-corrected chi connectivity index (χ2v) is 5.21. The van der Waals surface area contributed by atoms with E-state index in [2.05, 4.69) is 10.1 Å². The maximum absolute atomic E-state index is 14.1. The Balaban J connectivity index is 1.79. The van der Waals surface area contributed by atoms with Crippen molar-refractivity contribution in [3.8, 4) is 17.1 Å². The topological polar surface area (TPSA) is 91.2 Å². The lowest BCUT2D eigenvalue weighted by Crippen LogP contribution is -2.16. The first-order chi connectivity index (χ1) is 12.0. The van der Waals surface area contributed by atoms with Crippen LogP contribution in [0, 0.1) is 18.6 Å². The third kappa shape index (κ3) is 3.32. The maximum atomic E-state index is 14.1. The van der Waals surface area contributed by atoms with E-state index >= 15 is 0 Å². The van der Waals surface area contributed by atoms with Crippen LogP contribution in [-0.4, -0.2) is 16.0 Å². The number of ether oxygens (including phenoxy) is 1. The van der Waals surface area contributed by atoms with Gasteiger partial charge in [0.2, 0.25) is 5.82 Å². The van der Waals surface area contributed by atoms with Gasteiger partial charge in [-0.05, 0) is 24.6 Å². The number of amides is 1. The summed E-state index contributed by atoms with van der Waals surface area (Å²) in [6.07, 6.45) is 0. The van der Waals surface area contributed by atoms with Crippen LogP contribution in [0.15, 0.2) is 40.9 Å². The first kappa shape index (κ1) is 16.6. The van der Waals surface area contributed by atoms with Gasteiger partial charge in [0.1, 0.15) is 11.4 Å². The molecule has 0 saturated carbocycles. The standard InChI is InChI=1S/C17H13F2N3O3/c1-9-4-2-3-5-10(9)17-21-13(25-22-17)8-24-12-7-6-11(18)14(15(12)19)16(20)23/h2-7H,8H2,1H3,(H2,20,23). The maximum Gasteiger partial charge on any atom is 0.264 e. The van der Waals surface area contributed by atoms with Crippen molar-refractivity contribution in [1.29, 1.82) is 0 Å². The van der Waals surface area contributed by atoms with Crippen LogP contribution in [0.1, 0.15) is 21.8 Å². The van der Waals surface area contributed by atoms with Crippen molar-refractivity contribution in [1.82, 2.24) is 10.1 Å². The van der Waals surface area contributed by atoms with E-state index in [1.807, 2.05) is 31.2 Å². The lowest BCUT2D eigenvalue weighted by Gasteiger charge is -2.07. The van der Waals surface area contributed by atoms with Gasteiger partial charge in [-0.2, -0.15) is 4.98 Å². The molecule has 0 aliphatic carbocycles. The molecule has 0 radical (unpaired) electrons. The van der Waals surface area contributed by atoms with Gasteiger partial charge >= 0.3 is 0 Å². The van der Waals surface area contributed by atoms with E-state index in [1.54, 1.807) is 0 Å². The Morgan fingerprint density at radius 3 is 2.72 bits per heavy atom. The molecule has 0 atom stereocenters. The summed E-state index contributed by atoms with van der Waals surface area (Å²) in [5.74, 6) is -3.33. The zero-order chi connectivity index (χ0) is 18.0. The molecule has 0 aliphatic heterocycles. The van der Waals surface area contributed by atoms with Crippen LogP contribution in [0.25, 0.3) is 11.4 Å². The van der Waals surface area contributed by atoms with E-state index in [9.17, 15) is 13.6 Å². The molecule has 128 valence electrons. The zero-order valence-electron chi connectivity index (χ0n) is 13.1. The average molecular weight is 345 g/mol. The Kier molecular flexibility index (Phi) is 4.42. The molecule has 1 amide bonds. The summed E-state index contributed by atoms with van der Waals surface area (Å²) in [6.45, 7) is 1.65. The molecule has 1 aromatic heterocycles. The minimum absolute atomic E-state index is 0.0996. The van der Waals surface area contributed by atoms with Crippen molar-refractivity contribution in [2.75, 3.05) is 0 Å². The minimum atomic E-state index is -1.22. The highest BCUT2D eigenvalue weighted by Gasteiger charge is 2.20. The Morgan fingerprint density at radius 2 is 2.00 bits per heavy atom. The summed E-state index contributed by atoms with van der Waals surface area (Å²) < 4.78 is 37.8. The van der Waals surface area contributed by atoms with Crippen LogP contribution >= 0.6 is 0 Å². The number of aromatic nitrogens is 2. The third-order valence-corrected chi connectivity index (χ3v) is 3.51. The van der Waals surface area contributed by atoms with Crippen LogP contribution in [-0.2, 0) is 6.61 Å². The Bertz CT molecular complexity index is 941. The lowest BCUT2D eigenvalue weighted by atomic mass is 10.1. The number of hydrogen-bond acceptors (Lipinski definition) is 5. The Hall–Kier alpha value is -3.29. The number of carbonyl (C=O) groups excluding carboxylic acids is 1. The highest BCUT2D eigenvalue weighted by molar-refractivity contribution is 5.93. The summed E-state index contributed by atoms with van der Waals surface area (Å²) in [6, 6.07) is 9.41. The molecular weight excluding hydrogens is 332 g/mol. The molecule has 1 heterocycles. The number of rotatable bonds is 5. The molecule has 3 rings (SSSR count). The molecule has 2 N–H and O–H groups in total. The summed E-state index contributed by atoms with van der Waals surface area (Å²) in [4.78, 5) is 15.3. The van der Waals surface area contributed by atoms with Gasteiger partial charge in [0.25, 0.3) is 11.8 Å². The van der Waals surface area contributed by atoms with Gasteiger partial charge in [0.05, 0.1) is 0 Å². The summed E-state index contributed by atoms with van der Waals surface area (Å²) >= 11 is 0. The summed E-state index contributed by atoms with van der Waals surface area (Å²) in [7, 11) is 0. The van der Waals surface area contributed by atoms with Crippen LogP contribution in [0.4, 0.5) is 8.78 Å².